The van der Waals surface area contributed by atoms with E-state index in [1.54, 1.807) is 27.3 Å². The number of hydrogen-bond donors (Lipinski definition) is 2. The predicted molar refractivity (Wildman–Crippen MR) is 83.9 cm³/mol. The summed E-state index contributed by atoms with van der Waals surface area (Å²) in [6.45, 7) is 2.70. The average molecular weight is 290 g/mol. The molecule has 114 valence electrons. The van der Waals surface area contributed by atoms with Crippen LogP contribution in [0.4, 0.5) is 5.82 Å². The number of anilines is 1. The minimum atomic E-state index is -0.848. The van der Waals surface area contributed by atoms with Crippen LogP contribution in [0.15, 0.2) is 30.5 Å². The molecule has 1 heterocycles. The molecule has 1 unspecified atom stereocenters. The van der Waals surface area contributed by atoms with Crippen molar-refractivity contribution < 1.29 is 14.6 Å². The Kier molecular flexibility index (Phi) is 4.98. The molecule has 0 radical (unpaired) electrons. The SMILES string of the molecule is COCCC(C)(O)CNc1nccc2c(OC)cccc12. The van der Waals surface area contributed by atoms with E-state index >= 15 is 0 Å². The number of nitrogens with one attached hydrogen (secondary N) is 1. The molecular formula is C16H22N2O3. The maximum absolute atomic E-state index is 10.3. The number of rotatable bonds is 7. The van der Waals surface area contributed by atoms with Gasteiger partial charge in [0.05, 0.1) is 12.7 Å². The summed E-state index contributed by atoms with van der Waals surface area (Å²) in [6, 6.07) is 7.75. The van der Waals surface area contributed by atoms with E-state index in [-0.39, 0.29) is 0 Å². The summed E-state index contributed by atoms with van der Waals surface area (Å²) >= 11 is 0. The van der Waals surface area contributed by atoms with Crippen molar-refractivity contribution in [3.8, 4) is 5.75 Å². The molecule has 2 aromatic rings. The van der Waals surface area contributed by atoms with E-state index in [1.807, 2.05) is 24.3 Å². The van der Waals surface area contributed by atoms with Crippen LogP contribution in [-0.2, 0) is 4.74 Å². The minimum Gasteiger partial charge on any atom is -0.496 e. The Morgan fingerprint density at radius 1 is 1.24 bits per heavy atom. The fourth-order valence-corrected chi connectivity index (χ4v) is 2.18. The van der Waals surface area contributed by atoms with E-state index in [0.29, 0.717) is 19.6 Å². The lowest BCUT2D eigenvalue weighted by atomic mass is 10.0. The summed E-state index contributed by atoms with van der Waals surface area (Å²) in [6.07, 6.45) is 2.29. The Labute approximate surface area is 124 Å². The Morgan fingerprint density at radius 3 is 2.76 bits per heavy atom. The summed E-state index contributed by atoms with van der Waals surface area (Å²) in [5, 5.41) is 15.5. The lowest BCUT2D eigenvalue weighted by Gasteiger charge is -2.24. The topological polar surface area (TPSA) is 63.6 Å². The highest BCUT2D eigenvalue weighted by Crippen LogP contribution is 2.29. The molecular weight excluding hydrogens is 268 g/mol. The number of pyridine rings is 1. The Hall–Kier alpha value is -1.85. The molecule has 1 aromatic heterocycles. The molecule has 0 saturated carbocycles. The summed E-state index contributed by atoms with van der Waals surface area (Å²) < 4.78 is 10.4. The number of fused-ring (bicyclic) bond motifs is 1. The van der Waals surface area contributed by atoms with Crippen molar-refractivity contribution in [3.05, 3.63) is 30.5 Å². The van der Waals surface area contributed by atoms with Crippen LogP contribution in [0.1, 0.15) is 13.3 Å². The highest BCUT2D eigenvalue weighted by molar-refractivity contribution is 5.95. The lowest BCUT2D eigenvalue weighted by molar-refractivity contribution is 0.0357. The van der Waals surface area contributed by atoms with Crippen molar-refractivity contribution in [1.82, 2.24) is 4.98 Å². The van der Waals surface area contributed by atoms with E-state index < -0.39 is 5.60 Å². The Balaban J connectivity index is 2.19. The first-order valence-corrected chi connectivity index (χ1v) is 6.94. The number of benzene rings is 1. The van der Waals surface area contributed by atoms with Crippen LogP contribution in [-0.4, -0.2) is 43.1 Å². The fourth-order valence-electron chi connectivity index (χ4n) is 2.18. The molecule has 2 N–H and O–H groups in total. The van der Waals surface area contributed by atoms with Crippen LogP contribution in [0.3, 0.4) is 0 Å². The molecule has 2 rings (SSSR count). The van der Waals surface area contributed by atoms with Gasteiger partial charge in [0.2, 0.25) is 0 Å². The van der Waals surface area contributed by atoms with Gasteiger partial charge in [0.25, 0.3) is 0 Å². The van der Waals surface area contributed by atoms with Gasteiger partial charge in [0.1, 0.15) is 11.6 Å². The number of hydrogen-bond acceptors (Lipinski definition) is 5. The van der Waals surface area contributed by atoms with E-state index in [1.165, 1.54) is 0 Å². The second-order valence-electron chi connectivity index (χ2n) is 5.31. The van der Waals surface area contributed by atoms with Gasteiger partial charge in [0, 0.05) is 43.7 Å². The van der Waals surface area contributed by atoms with E-state index in [9.17, 15) is 5.11 Å². The van der Waals surface area contributed by atoms with Crippen LogP contribution < -0.4 is 10.1 Å². The maximum atomic E-state index is 10.3. The number of methoxy groups -OCH3 is 2. The maximum Gasteiger partial charge on any atom is 0.134 e. The van der Waals surface area contributed by atoms with E-state index in [4.69, 9.17) is 9.47 Å². The standard InChI is InChI=1S/C16H22N2O3/c1-16(19,8-10-20-2)11-18-15-13-5-4-6-14(21-3)12(13)7-9-17-15/h4-7,9,19H,8,10-11H2,1-3H3,(H,17,18). The molecule has 0 bridgehead atoms. The molecule has 0 fully saturated rings. The molecule has 0 saturated heterocycles. The quantitative estimate of drug-likeness (QED) is 0.820. The van der Waals surface area contributed by atoms with Crippen LogP contribution >= 0.6 is 0 Å². The van der Waals surface area contributed by atoms with Gasteiger partial charge in [-0.25, -0.2) is 4.98 Å². The average Bonchev–Trinajstić information content (AvgIpc) is 2.50. The Morgan fingerprint density at radius 2 is 2.05 bits per heavy atom. The highest BCUT2D eigenvalue weighted by Gasteiger charge is 2.20. The summed E-state index contributed by atoms with van der Waals surface area (Å²) in [4.78, 5) is 4.36. The van der Waals surface area contributed by atoms with Gasteiger partial charge >= 0.3 is 0 Å². The van der Waals surface area contributed by atoms with Gasteiger partial charge in [-0.3, -0.25) is 0 Å². The largest absolute Gasteiger partial charge is 0.496 e. The fraction of sp³-hybridized carbons (Fsp3) is 0.438. The second-order valence-corrected chi connectivity index (χ2v) is 5.31. The molecule has 1 atom stereocenters. The first-order valence-electron chi connectivity index (χ1n) is 6.94. The van der Waals surface area contributed by atoms with Crippen LogP contribution in [0, 0.1) is 0 Å². The predicted octanol–water partition coefficient (Wildman–Crippen LogP) is 2.44. The van der Waals surface area contributed by atoms with Gasteiger partial charge in [-0.05, 0) is 19.1 Å². The first kappa shape index (κ1) is 15.5. The molecule has 0 aliphatic rings. The van der Waals surface area contributed by atoms with Gasteiger partial charge in [-0.15, -0.1) is 0 Å². The van der Waals surface area contributed by atoms with Gasteiger partial charge in [-0.1, -0.05) is 12.1 Å². The third kappa shape index (κ3) is 3.83. The molecule has 0 spiro atoms. The molecule has 5 nitrogen and oxygen atoms in total. The second kappa shape index (κ2) is 6.74. The zero-order valence-electron chi connectivity index (χ0n) is 12.7. The molecule has 0 aliphatic carbocycles. The zero-order chi connectivity index (χ0) is 15.3. The van der Waals surface area contributed by atoms with E-state index in [0.717, 1.165) is 22.3 Å². The summed E-state index contributed by atoms with van der Waals surface area (Å²) in [5.74, 6) is 1.55. The third-order valence-corrected chi connectivity index (χ3v) is 3.47. The smallest absolute Gasteiger partial charge is 0.134 e. The van der Waals surface area contributed by atoms with Crippen LogP contribution in [0.2, 0.25) is 0 Å². The Bertz CT molecular complexity index is 599. The summed E-state index contributed by atoms with van der Waals surface area (Å²) in [5.41, 5.74) is -0.848. The molecule has 0 aliphatic heterocycles. The lowest BCUT2D eigenvalue weighted by Crippen LogP contribution is -2.34. The van der Waals surface area contributed by atoms with Crippen molar-refractivity contribution >= 4 is 16.6 Å². The molecule has 1 aromatic carbocycles. The van der Waals surface area contributed by atoms with Crippen molar-refractivity contribution in [3.63, 3.8) is 0 Å². The van der Waals surface area contributed by atoms with Crippen LogP contribution in [0.5, 0.6) is 5.75 Å². The molecule has 0 amide bonds. The number of nitrogens with zero attached hydrogens (tertiary/aromatic N) is 1. The zero-order valence-corrected chi connectivity index (χ0v) is 12.7. The number of ether oxygens (including phenoxy) is 2. The van der Waals surface area contributed by atoms with Crippen molar-refractivity contribution in [2.24, 2.45) is 0 Å². The van der Waals surface area contributed by atoms with E-state index in [2.05, 4.69) is 10.3 Å². The van der Waals surface area contributed by atoms with Gasteiger partial charge in [-0.2, -0.15) is 0 Å². The summed E-state index contributed by atoms with van der Waals surface area (Å²) in [7, 11) is 3.28. The van der Waals surface area contributed by atoms with Crippen molar-refractivity contribution in [2.75, 3.05) is 32.7 Å². The number of aliphatic hydroxyl groups is 1. The van der Waals surface area contributed by atoms with Gasteiger partial charge < -0.3 is 19.9 Å². The highest BCUT2D eigenvalue weighted by atomic mass is 16.5. The third-order valence-electron chi connectivity index (χ3n) is 3.47. The van der Waals surface area contributed by atoms with Crippen molar-refractivity contribution in [1.29, 1.82) is 0 Å². The normalized spacial score (nSPS) is 13.9. The number of aromatic nitrogens is 1. The molecule has 21 heavy (non-hydrogen) atoms. The molecule has 5 heteroatoms. The minimum absolute atomic E-state index is 0.402. The first-order chi connectivity index (χ1) is 10.1. The monoisotopic (exact) mass is 290 g/mol. The van der Waals surface area contributed by atoms with Crippen molar-refractivity contribution in [2.45, 2.75) is 18.9 Å². The van der Waals surface area contributed by atoms with Gasteiger partial charge in [0.15, 0.2) is 0 Å². The van der Waals surface area contributed by atoms with Crippen LogP contribution in [0.25, 0.3) is 10.8 Å².